The summed E-state index contributed by atoms with van der Waals surface area (Å²) in [4.78, 5) is 18.5. The predicted molar refractivity (Wildman–Crippen MR) is 84.2 cm³/mol. The van der Waals surface area contributed by atoms with Crippen molar-refractivity contribution < 1.29 is 4.79 Å². The number of nitrogens with one attached hydrogen (secondary N) is 3. The van der Waals surface area contributed by atoms with E-state index in [0.717, 1.165) is 28.0 Å². The van der Waals surface area contributed by atoms with Gasteiger partial charge in [0.2, 0.25) is 5.91 Å². The van der Waals surface area contributed by atoms with Crippen LogP contribution in [0.2, 0.25) is 0 Å². The standard InChI is InChI=1S/C16H16N4O/c1-11(21)20-14-5-2-4-13(8-14)18-9-12-10-19-16-15(12)6-3-7-17-16/h2-8,10,18H,9H2,1H3,(H,17,19)(H,20,21). The first-order valence-corrected chi connectivity index (χ1v) is 6.75. The van der Waals surface area contributed by atoms with Crippen molar-refractivity contribution >= 4 is 28.3 Å². The van der Waals surface area contributed by atoms with Gasteiger partial charge in [0.25, 0.3) is 0 Å². The lowest BCUT2D eigenvalue weighted by Gasteiger charge is -2.08. The summed E-state index contributed by atoms with van der Waals surface area (Å²) in [7, 11) is 0. The second-order valence-electron chi connectivity index (χ2n) is 4.83. The SMILES string of the molecule is CC(=O)Nc1cccc(NCc2c[nH]c3ncccc23)c1. The molecule has 0 saturated heterocycles. The number of rotatable bonds is 4. The van der Waals surface area contributed by atoms with E-state index >= 15 is 0 Å². The van der Waals surface area contributed by atoms with Gasteiger partial charge >= 0.3 is 0 Å². The van der Waals surface area contributed by atoms with E-state index in [1.807, 2.05) is 42.6 Å². The molecule has 3 rings (SSSR count). The largest absolute Gasteiger partial charge is 0.381 e. The summed E-state index contributed by atoms with van der Waals surface area (Å²) in [5, 5.41) is 7.24. The monoisotopic (exact) mass is 280 g/mol. The number of amides is 1. The maximum atomic E-state index is 11.1. The topological polar surface area (TPSA) is 69.8 Å². The Morgan fingerprint density at radius 3 is 2.95 bits per heavy atom. The number of fused-ring (bicyclic) bond motifs is 1. The molecule has 2 aromatic heterocycles. The highest BCUT2D eigenvalue weighted by atomic mass is 16.1. The van der Waals surface area contributed by atoms with Crippen molar-refractivity contribution in [2.45, 2.75) is 13.5 Å². The first kappa shape index (κ1) is 13.2. The van der Waals surface area contributed by atoms with Gasteiger partial charge in [0.05, 0.1) is 0 Å². The highest BCUT2D eigenvalue weighted by molar-refractivity contribution is 5.89. The molecule has 3 N–H and O–H groups in total. The summed E-state index contributed by atoms with van der Waals surface area (Å²) < 4.78 is 0. The fourth-order valence-electron chi connectivity index (χ4n) is 2.27. The number of aromatic amines is 1. The summed E-state index contributed by atoms with van der Waals surface area (Å²) >= 11 is 0. The smallest absolute Gasteiger partial charge is 0.221 e. The molecule has 0 unspecified atom stereocenters. The second kappa shape index (κ2) is 5.66. The average molecular weight is 280 g/mol. The fourth-order valence-corrected chi connectivity index (χ4v) is 2.27. The van der Waals surface area contributed by atoms with Gasteiger partial charge in [-0.3, -0.25) is 4.79 Å². The van der Waals surface area contributed by atoms with Gasteiger partial charge in [0.1, 0.15) is 5.65 Å². The quantitative estimate of drug-likeness (QED) is 0.687. The number of anilines is 2. The first-order valence-electron chi connectivity index (χ1n) is 6.75. The van der Waals surface area contributed by atoms with E-state index in [1.165, 1.54) is 6.92 Å². The van der Waals surface area contributed by atoms with Gasteiger partial charge in [0, 0.05) is 42.6 Å². The third-order valence-electron chi connectivity index (χ3n) is 3.20. The summed E-state index contributed by atoms with van der Waals surface area (Å²) in [5.41, 5.74) is 3.79. The maximum Gasteiger partial charge on any atom is 0.221 e. The van der Waals surface area contributed by atoms with E-state index in [-0.39, 0.29) is 5.91 Å². The van der Waals surface area contributed by atoms with Crippen LogP contribution in [0.5, 0.6) is 0 Å². The normalized spacial score (nSPS) is 10.5. The van der Waals surface area contributed by atoms with Gasteiger partial charge < -0.3 is 15.6 Å². The van der Waals surface area contributed by atoms with Crippen molar-refractivity contribution in [2.75, 3.05) is 10.6 Å². The number of carbonyl (C=O) groups excluding carboxylic acids is 1. The molecule has 0 aliphatic rings. The van der Waals surface area contributed by atoms with Crippen molar-refractivity contribution in [1.82, 2.24) is 9.97 Å². The Labute approximate surface area is 122 Å². The molecule has 0 atom stereocenters. The van der Waals surface area contributed by atoms with E-state index in [0.29, 0.717) is 6.54 Å². The Hall–Kier alpha value is -2.82. The first-order chi connectivity index (χ1) is 10.2. The van der Waals surface area contributed by atoms with Crippen molar-refractivity contribution in [3.63, 3.8) is 0 Å². The number of H-pyrrole nitrogens is 1. The highest BCUT2D eigenvalue weighted by Gasteiger charge is 2.04. The van der Waals surface area contributed by atoms with Gasteiger partial charge in [-0.05, 0) is 35.9 Å². The average Bonchev–Trinajstić information content (AvgIpc) is 2.88. The molecule has 0 radical (unpaired) electrons. The molecule has 0 spiro atoms. The second-order valence-corrected chi connectivity index (χ2v) is 4.83. The van der Waals surface area contributed by atoms with Gasteiger partial charge in [-0.15, -0.1) is 0 Å². The van der Waals surface area contributed by atoms with E-state index in [4.69, 9.17) is 0 Å². The van der Waals surface area contributed by atoms with E-state index < -0.39 is 0 Å². The number of pyridine rings is 1. The third kappa shape index (κ3) is 3.02. The molecule has 2 heterocycles. The minimum atomic E-state index is -0.0742. The number of carbonyl (C=O) groups is 1. The molecule has 106 valence electrons. The van der Waals surface area contributed by atoms with Crippen LogP contribution in [0, 0.1) is 0 Å². The van der Waals surface area contributed by atoms with Crippen LogP contribution >= 0.6 is 0 Å². The zero-order valence-corrected chi connectivity index (χ0v) is 11.7. The molecule has 0 aliphatic carbocycles. The van der Waals surface area contributed by atoms with Crippen LogP contribution in [-0.4, -0.2) is 15.9 Å². The molecular weight excluding hydrogens is 264 g/mol. The molecule has 0 fully saturated rings. The molecule has 5 nitrogen and oxygen atoms in total. The Balaban J connectivity index is 1.74. The lowest BCUT2D eigenvalue weighted by atomic mass is 10.2. The molecule has 21 heavy (non-hydrogen) atoms. The number of nitrogens with zero attached hydrogens (tertiary/aromatic N) is 1. The Morgan fingerprint density at radius 2 is 2.10 bits per heavy atom. The van der Waals surface area contributed by atoms with Crippen molar-refractivity contribution in [2.24, 2.45) is 0 Å². The highest BCUT2D eigenvalue weighted by Crippen LogP contribution is 2.19. The molecular formula is C16H16N4O. The molecule has 0 aliphatic heterocycles. The number of benzene rings is 1. The minimum absolute atomic E-state index is 0.0742. The zero-order chi connectivity index (χ0) is 14.7. The number of aromatic nitrogens is 2. The molecule has 0 bridgehead atoms. The van der Waals surface area contributed by atoms with E-state index in [9.17, 15) is 4.79 Å². The lowest BCUT2D eigenvalue weighted by molar-refractivity contribution is -0.114. The molecule has 5 heteroatoms. The summed E-state index contributed by atoms with van der Waals surface area (Å²) in [6.45, 7) is 2.19. The van der Waals surface area contributed by atoms with Crippen LogP contribution in [-0.2, 0) is 11.3 Å². The predicted octanol–water partition coefficient (Wildman–Crippen LogP) is 3.13. The van der Waals surface area contributed by atoms with Gasteiger partial charge in [-0.2, -0.15) is 0 Å². The zero-order valence-electron chi connectivity index (χ0n) is 11.7. The maximum absolute atomic E-state index is 11.1. The van der Waals surface area contributed by atoms with Gasteiger partial charge in [-0.1, -0.05) is 6.07 Å². The van der Waals surface area contributed by atoms with Gasteiger partial charge in [-0.25, -0.2) is 4.98 Å². The summed E-state index contributed by atoms with van der Waals surface area (Å²) in [5.74, 6) is -0.0742. The number of hydrogen-bond acceptors (Lipinski definition) is 3. The third-order valence-corrected chi connectivity index (χ3v) is 3.20. The van der Waals surface area contributed by atoms with Crippen LogP contribution in [0.3, 0.4) is 0 Å². The van der Waals surface area contributed by atoms with Crippen LogP contribution in [0.1, 0.15) is 12.5 Å². The summed E-state index contributed by atoms with van der Waals surface area (Å²) in [6.07, 6.45) is 3.73. The minimum Gasteiger partial charge on any atom is -0.381 e. The lowest BCUT2D eigenvalue weighted by Crippen LogP contribution is -2.06. The Kier molecular flexibility index (Phi) is 3.55. The van der Waals surface area contributed by atoms with Crippen LogP contribution < -0.4 is 10.6 Å². The van der Waals surface area contributed by atoms with Crippen LogP contribution in [0.25, 0.3) is 11.0 Å². The van der Waals surface area contributed by atoms with Crippen molar-refractivity contribution in [3.8, 4) is 0 Å². The molecule has 3 aromatic rings. The van der Waals surface area contributed by atoms with Crippen molar-refractivity contribution in [3.05, 3.63) is 54.4 Å². The fraction of sp³-hybridized carbons (Fsp3) is 0.125. The number of hydrogen-bond donors (Lipinski definition) is 3. The molecule has 1 aromatic carbocycles. The Bertz CT molecular complexity index is 779. The Morgan fingerprint density at radius 1 is 1.24 bits per heavy atom. The molecule has 0 saturated carbocycles. The van der Waals surface area contributed by atoms with Crippen molar-refractivity contribution in [1.29, 1.82) is 0 Å². The van der Waals surface area contributed by atoms with Crippen LogP contribution in [0.4, 0.5) is 11.4 Å². The van der Waals surface area contributed by atoms with Crippen LogP contribution in [0.15, 0.2) is 48.8 Å². The van der Waals surface area contributed by atoms with E-state index in [2.05, 4.69) is 20.6 Å². The van der Waals surface area contributed by atoms with Gasteiger partial charge in [0.15, 0.2) is 0 Å². The summed E-state index contributed by atoms with van der Waals surface area (Å²) in [6, 6.07) is 11.6. The van der Waals surface area contributed by atoms with E-state index in [1.54, 1.807) is 6.20 Å². The molecule has 1 amide bonds.